The van der Waals surface area contributed by atoms with E-state index in [-0.39, 0.29) is 0 Å². The van der Waals surface area contributed by atoms with Gasteiger partial charge in [0.05, 0.1) is 11.6 Å². The molecule has 2 bridgehead atoms. The van der Waals surface area contributed by atoms with Crippen molar-refractivity contribution in [3.05, 3.63) is 17.8 Å². The third-order valence-corrected chi connectivity index (χ3v) is 4.59. The van der Waals surface area contributed by atoms with Crippen molar-refractivity contribution in [3.8, 4) is 0 Å². The van der Waals surface area contributed by atoms with Crippen LogP contribution in [0.1, 0.15) is 25.0 Å². The van der Waals surface area contributed by atoms with Gasteiger partial charge >= 0.3 is 0 Å². The van der Waals surface area contributed by atoms with Gasteiger partial charge in [0.25, 0.3) is 0 Å². The fourth-order valence-corrected chi connectivity index (χ4v) is 3.25. The van der Waals surface area contributed by atoms with E-state index in [1.54, 1.807) is 0 Å². The Balaban J connectivity index is 1.76. The molecule has 0 saturated carbocycles. The van der Waals surface area contributed by atoms with E-state index in [0.717, 1.165) is 30.6 Å². The van der Waals surface area contributed by atoms with Crippen LogP contribution in [0.15, 0.2) is 12.1 Å². The molecule has 18 heavy (non-hydrogen) atoms. The van der Waals surface area contributed by atoms with E-state index in [4.69, 9.17) is 11.6 Å². The molecule has 0 aliphatic carbocycles. The van der Waals surface area contributed by atoms with Crippen molar-refractivity contribution >= 4 is 17.4 Å². The first-order valence-corrected chi connectivity index (χ1v) is 7.17. The zero-order chi connectivity index (χ0) is 12.5. The SMILES string of the molecule is CN1C2CCC1CN(c1ccc(CCl)nn1)CC2. The van der Waals surface area contributed by atoms with E-state index in [1.807, 2.05) is 12.1 Å². The van der Waals surface area contributed by atoms with Crippen LogP contribution >= 0.6 is 11.6 Å². The van der Waals surface area contributed by atoms with E-state index in [0.29, 0.717) is 11.9 Å². The number of hydrogen-bond acceptors (Lipinski definition) is 4. The number of nitrogens with zero attached hydrogens (tertiary/aromatic N) is 4. The summed E-state index contributed by atoms with van der Waals surface area (Å²) in [5, 5.41) is 8.44. The number of rotatable bonds is 2. The number of alkyl halides is 1. The first-order chi connectivity index (χ1) is 8.78. The number of fused-ring (bicyclic) bond motifs is 2. The van der Waals surface area contributed by atoms with Crippen LogP contribution in [-0.4, -0.2) is 47.3 Å². The molecule has 0 spiro atoms. The van der Waals surface area contributed by atoms with E-state index in [9.17, 15) is 0 Å². The fraction of sp³-hybridized carbons (Fsp3) is 0.692. The van der Waals surface area contributed by atoms with Gasteiger partial charge in [-0.15, -0.1) is 16.7 Å². The molecule has 98 valence electrons. The van der Waals surface area contributed by atoms with E-state index in [2.05, 4.69) is 27.0 Å². The monoisotopic (exact) mass is 266 g/mol. The Kier molecular flexibility index (Phi) is 3.39. The molecular weight excluding hydrogens is 248 g/mol. The summed E-state index contributed by atoms with van der Waals surface area (Å²) in [6.45, 7) is 2.16. The lowest BCUT2D eigenvalue weighted by atomic mass is 10.1. The highest BCUT2D eigenvalue weighted by Gasteiger charge is 2.34. The number of likely N-dealkylation sites (N-methyl/N-ethyl adjacent to an activating group) is 1. The highest BCUT2D eigenvalue weighted by molar-refractivity contribution is 6.16. The summed E-state index contributed by atoms with van der Waals surface area (Å²) in [6, 6.07) is 5.45. The van der Waals surface area contributed by atoms with Crippen molar-refractivity contribution in [2.45, 2.75) is 37.2 Å². The van der Waals surface area contributed by atoms with Gasteiger partial charge in [-0.1, -0.05) is 0 Å². The molecule has 3 heterocycles. The number of halogens is 1. The average Bonchev–Trinajstić information content (AvgIpc) is 2.64. The van der Waals surface area contributed by atoms with Gasteiger partial charge in [0.2, 0.25) is 0 Å². The molecule has 2 atom stereocenters. The first-order valence-electron chi connectivity index (χ1n) is 6.63. The topological polar surface area (TPSA) is 32.3 Å². The van der Waals surface area contributed by atoms with Crippen molar-refractivity contribution in [2.24, 2.45) is 0 Å². The van der Waals surface area contributed by atoms with Gasteiger partial charge in [0, 0.05) is 25.2 Å². The highest BCUT2D eigenvalue weighted by atomic mass is 35.5. The summed E-state index contributed by atoms with van der Waals surface area (Å²) >= 11 is 5.74. The Morgan fingerprint density at radius 1 is 1.22 bits per heavy atom. The van der Waals surface area contributed by atoms with E-state index < -0.39 is 0 Å². The molecule has 2 saturated heterocycles. The van der Waals surface area contributed by atoms with Gasteiger partial charge in [0.15, 0.2) is 5.82 Å². The Hall–Kier alpha value is -0.870. The summed E-state index contributed by atoms with van der Waals surface area (Å²) in [5.74, 6) is 1.42. The van der Waals surface area contributed by atoms with Crippen molar-refractivity contribution in [1.29, 1.82) is 0 Å². The third-order valence-electron chi connectivity index (χ3n) is 4.32. The Morgan fingerprint density at radius 3 is 2.78 bits per heavy atom. The Labute approximate surface area is 113 Å². The second kappa shape index (κ2) is 5.02. The van der Waals surface area contributed by atoms with Crippen LogP contribution in [0.25, 0.3) is 0 Å². The molecule has 5 heteroatoms. The lowest BCUT2D eigenvalue weighted by Gasteiger charge is -2.26. The van der Waals surface area contributed by atoms with Crippen LogP contribution in [0.2, 0.25) is 0 Å². The lowest BCUT2D eigenvalue weighted by molar-refractivity contribution is 0.254. The number of hydrogen-bond donors (Lipinski definition) is 0. The molecule has 2 aliphatic heterocycles. The van der Waals surface area contributed by atoms with Gasteiger partial charge in [-0.3, -0.25) is 4.90 Å². The van der Waals surface area contributed by atoms with Crippen LogP contribution in [0.5, 0.6) is 0 Å². The van der Waals surface area contributed by atoms with Crippen molar-refractivity contribution in [2.75, 3.05) is 25.0 Å². The maximum atomic E-state index is 5.74. The quantitative estimate of drug-likeness (QED) is 0.766. The summed E-state index contributed by atoms with van der Waals surface area (Å²) in [5.41, 5.74) is 0.842. The lowest BCUT2D eigenvalue weighted by Crippen LogP contribution is -2.37. The standard InChI is InChI=1S/C13H19ClN4/c1-17-11-3-4-12(17)9-18(7-6-11)13-5-2-10(8-14)15-16-13/h2,5,11-12H,3-4,6-9H2,1H3. The predicted molar refractivity (Wildman–Crippen MR) is 73.0 cm³/mol. The second-order valence-corrected chi connectivity index (χ2v) is 5.57. The predicted octanol–water partition coefficient (Wildman–Crippen LogP) is 1.89. The van der Waals surface area contributed by atoms with Gasteiger partial charge in [0.1, 0.15) is 0 Å². The maximum absolute atomic E-state index is 5.74. The number of anilines is 1. The zero-order valence-corrected chi connectivity index (χ0v) is 11.5. The molecule has 1 aromatic heterocycles. The molecule has 0 N–H and O–H groups in total. The second-order valence-electron chi connectivity index (χ2n) is 5.30. The van der Waals surface area contributed by atoms with E-state index >= 15 is 0 Å². The van der Waals surface area contributed by atoms with Gasteiger partial charge in [-0.25, -0.2) is 0 Å². The van der Waals surface area contributed by atoms with Crippen LogP contribution in [0.4, 0.5) is 5.82 Å². The smallest absolute Gasteiger partial charge is 0.151 e. The van der Waals surface area contributed by atoms with Crippen molar-refractivity contribution in [3.63, 3.8) is 0 Å². The molecule has 0 amide bonds. The molecule has 1 aromatic rings. The van der Waals surface area contributed by atoms with Gasteiger partial charge in [-0.2, -0.15) is 5.10 Å². The molecular formula is C13H19ClN4. The highest BCUT2D eigenvalue weighted by Crippen LogP contribution is 2.29. The summed E-state index contributed by atoms with van der Waals surface area (Å²) < 4.78 is 0. The Bertz CT molecular complexity index is 408. The minimum atomic E-state index is 0.431. The largest absolute Gasteiger partial charge is 0.354 e. The van der Waals surface area contributed by atoms with Gasteiger partial charge in [-0.05, 0) is 38.4 Å². The van der Waals surface area contributed by atoms with Crippen molar-refractivity contribution < 1.29 is 0 Å². The molecule has 0 aromatic carbocycles. The summed E-state index contributed by atoms with van der Waals surface area (Å²) in [6.07, 6.45) is 3.89. The molecule has 0 radical (unpaired) electrons. The normalized spacial score (nSPS) is 28.4. The molecule has 3 rings (SSSR count). The first kappa shape index (κ1) is 12.2. The fourth-order valence-electron chi connectivity index (χ4n) is 3.11. The minimum Gasteiger partial charge on any atom is -0.354 e. The third kappa shape index (κ3) is 2.19. The molecule has 4 nitrogen and oxygen atoms in total. The molecule has 2 fully saturated rings. The minimum absolute atomic E-state index is 0.431. The zero-order valence-electron chi connectivity index (χ0n) is 10.7. The number of aromatic nitrogens is 2. The van der Waals surface area contributed by atoms with Gasteiger partial charge < -0.3 is 4.90 Å². The van der Waals surface area contributed by atoms with Crippen LogP contribution in [-0.2, 0) is 5.88 Å². The summed E-state index contributed by atoms with van der Waals surface area (Å²) in [7, 11) is 2.26. The van der Waals surface area contributed by atoms with Crippen LogP contribution in [0, 0.1) is 0 Å². The average molecular weight is 267 g/mol. The molecule has 2 aliphatic rings. The maximum Gasteiger partial charge on any atom is 0.151 e. The van der Waals surface area contributed by atoms with Crippen molar-refractivity contribution in [1.82, 2.24) is 15.1 Å². The van der Waals surface area contributed by atoms with E-state index in [1.165, 1.54) is 19.3 Å². The Morgan fingerprint density at radius 2 is 2.06 bits per heavy atom. The van der Waals surface area contributed by atoms with Crippen LogP contribution in [0.3, 0.4) is 0 Å². The molecule has 2 unspecified atom stereocenters. The summed E-state index contributed by atoms with van der Waals surface area (Å²) in [4.78, 5) is 4.91. The van der Waals surface area contributed by atoms with Crippen LogP contribution < -0.4 is 4.90 Å².